The lowest BCUT2D eigenvalue weighted by atomic mass is 10.0. The fraction of sp³-hybridized carbons (Fsp3) is 0.0833. The number of aromatic nitrogens is 2. The van der Waals surface area contributed by atoms with Crippen LogP contribution in [0.1, 0.15) is 11.4 Å². The summed E-state index contributed by atoms with van der Waals surface area (Å²) in [5.74, 6) is -0.779. The Morgan fingerprint density at radius 2 is 2.12 bits per heavy atom. The molecule has 0 unspecified atom stereocenters. The molecule has 0 radical (unpaired) electrons. The van der Waals surface area contributed by atoms with E-state index in [1.165, 1.54) is 18.5 Å². The number of aromatic hydroxyl groups is 1. The lowest BCUT2D eigenvalue weighted by Crippen LogP contribution is -1.97. The molecule has 0 aliphatic heterocycles. The highest BCUT2D eigenvalue weighted by Gasteiger charge is 2.14. The number of hydrogen-bond acceptors (Lipinski definition) is 4. The van der Waals surface area contributed by atoms with Crippen LogP contribution in [0.15, 0.2) is 24.5 Å². The summed E-state index contributed by atoms with van der Waals surface area (Å²) in [5, 5.41) is 18.1. The molecule has 5 heteroatoms. The first kappa shape index (κ1) is 11.0. The van der Waals surface area contributed by atoms with E-state index in [0.717, 1.165) is 6.07 Å². The van der Waals surface area contributed by atoms with Gasteiger partial charge in [-0.1, -0.05) is 0 Å². The number of nitrogens with zero attached hydrogens (tertiary/aromatic N) is 3. The third-order valence-electron chi connectivity index (χ3n) is 2.36. The quantitative estimate of drug-likeness (QED) is 0.813. The molecule has 1 aromatic heterocycles. The molecule has 1 N–H and O–H groups in total. The van der Waals surface area contributed by atoms with E-state index in [1.54, 1.807) is 6.92 Å². The van der Waals surface area contributed by atoms with Crippen LogP contribution in [-0.2, 0) is 0 Å². The number of rotatable bonds is 1. The lowest BCUT2D eigenvalue weighted by molar-refractivity contribution is 0.469. The highest BCUT2D eigenvalue weighted by molar-refractivity contribution is 5.71. The van der Waals surface area contributed by atoms with Crippen LogP contribution in [-0.4, -0.2) is 15.1 Å². The highest BCUT2D eigenvalue weighted by Crippen LogP contribution is 2.29. The number of aryl methyl sites for hydroxylation is 1. The Kier molecular flexibility index (Phi) is 2.71. The molecule has 0 fully saturated rings. The van der Waals surface area contributed by atoms with Gasteiger partial charge in [-0.2, -0.15) is 5.26 Å². The van der Waals surface area contributed by atoms with Crippen LogP contribution < -0.4 is 0 Å². The smallest absolute Gasteiger partial charge is 0.152 e. The number of nitriles is 1. The minimum atomic E-state index is -0.612. The van der Waals surface area contributed by atoms with Gasteiger partial charge in [0.1, 0.15) is 24.0 Å². The molecule has 4 nitrogen and oxygen atoms in total. The Hall–Kier alpha value is -2.48. The van der Waals surface area contributed by atoms with Gasteiger partial charge in [-0.15, -0.1) is 0 Å². The second-order valence-corrected chi connectivity index (χ2v) is 3.46. The molecule has 0 aliphatic rings. The third kappa shape index (κ3) is 1.93. The van der Waals surface area contributed by atoms with Crippen molar-refractivity contribution in [2.75, 3.05) is 0 Å². The zero-order valence-electron chi connectivity index (χ0n) is 8.98. The largest absolute Gasteiger partial charge is 0.508 e. The van der Waals surface area contributed by atoms with Crippen molar-refractivity contribution in [3.63, 3.8) is 0 Å². The van der Waals surface area contributed by atoms with E-state index < -0.39 is 5.82 Å². The molecule has 0 amide bonds. The van der Waals surface area contributed by atoms with E-state index in [-0.39, 0.29) is 17.0 Å². The topological polar surface area (TPSA) is 69.8 Å². The van der Waals surface area contributed by atoms with Gasteiger partial charge in [0.05, 0.1) is 0 Å². The van der Waals surface area contributed by atoms with Gasteiger partial charge in [-0.25, -0.2) is 14.4 Å². The molecule has 0 aliphatic carbocycles. The Balaban J connectivity index is 2.73. The van der Waals surface area contributed by atoms with Crippen LogP contribution in [0.4, 0.5) is 4.39 Å². The molecular weight excluding hydrogens is 221 g/mol. The second kappa shape index (κ2) is 4.18. The van der Waals surface area contributed by atoms with Gasteiger partial charge in [-0.05, 0) is 19.1 Å². The Morgan fingerprint density at radius 1 is 1.35 bits per heavy atom. The third-order valence-corrected chi connectivity index (χ3v) is 2.36. The maximum Gasteiger partial charge on any atom is 0.152 e. The summed E-state index contributed by atoms with van der Waals surface area (Å²) in [6, 6.07) is 5.64. The number of halogens is 1. The van der Waals surface area contributed by atoms with Crippen molar-refractivity contribution in [3.05, 3.63) is 41.7 Å². The van der Waals surface area contributed by atoms with Gasteiger partial charge in [0, 0.05) is 22.9 Å². The normalized spacial score (nSPS) is 9.94. The summed E-state index contributed by atoms with van der Waals surface area (Å²) in [6.07, 6.45) is 1.26. The van der Waals surface area contributed by atoms with Gasteiger partial charge in [0.25, 0.3) is 0 Å². The molecule has 2 rings (SSSR count). The van der Waals surface area contributed by atoms with Gasteiger partial charge in [0.15, 0.2) is 5.69 Å². The first-order valence-electron chi connectivity index (χ1n) is 4.84. The molecule has 0 saturated carbocycles. The zero-order valence-corrected chi connectivity index (χ0v) is 8.98. The summed E-state index contributed by atoms with van der Waals surface area (Å²) in [4.78, 5) is 7.73. The van der Waals surface area contributed by atoms with E-state index in [4.69, 9.17) is 10.4 Å². The molecule has 17 heavy (non-hydrogen) atoms. The summed E-state index contributed by atoms with van der Waals surface area (Å²) < 4.78 is 13.7. The zero-order chi connectivity index (χ0) is 12.4. The number of benzene rings is 1. The molecule has 0 spiro atoms. The maximum atomic E-state index is 13.7. The minimum Gasteiger partial charge on any atom is -0.508 e. The van der Waals surface area contributed by atoms with Gasteiger partial charge in [-0.3, -0.25) is 0 Å². The fourth-order valence-electron chi connectivity index (χ4n) is 1.59. The molecule has 2 aromatic rings. The summed E-state index contributed by atoms with van der Waals surface area (Å²) in [5.41, 5.74) is 1.19. The average Bonchev–Trinajstić information content (AvgIpc) is 2.30. The van der Waals surface area contributed by atoms with E-state index in [9.17, 15) is 4.39 Å². The first-order valence-corrected chi connectivity index (χ1v) is 4.84. The summed E-state index contributed by atoms with van der Waals surface area (Å²) >= 11 is 0. The van der Waals surface area contributed by atoms with Crippen LogP contribution in [0.5, 0.6) is 5.75 Å². The molecule has 0 bridgehead atoms. The van der Waals surface area contributed by atoms with Crippen LogP contribution in [0, 0.1) is 24.1 Å². The van der Waals surface area contributed by atoms with Crippen LogP contribution in [0.2, 0.25) is 0 Å². The standard InChI is InChI=1S/C12H8FN3O/c1-7-12(11(5-14)16-6-15-7)9-3-2-8(17)4-10(9)13/h2-4,6,17H,1H3. The summed E-state index contributed by atoms with van der Waals surface area (Å²) in [6.45, 7) is 1.67. The SMILES string of the molecule is Cc1ncnc(C#N)c1-c1ccc(O)cc1F. The van der Waals surface area contributed by atoms with Crippen LogP contribution in [0.25, 0.3) is 11.1 Å². The van der Waals surface area contributed by atoms with Crippen molar-refractivity contribution < 1.29 is 9.50 Å². The van der Waals surface area contributed by atoms with Crippen LogP contribution >= 0.6 is 0 Å². The number of phenols is 1. The Morgan fingerprint density at radius 3 is 2.76 bits per heavy atom. The van der Waals surface area contributed by atoms with E-state index >= 15 is 0 Å². The number of phenolic OH excluding ortho intramolecular Hbond substituents is 1. The predicted molar refractivity (Wildman–Crippen MR) is 58.5 cm³/mol. The van der Waals surface area contributed by atoms with Crippen LogP contribution in [0.3, 0.4) is 0 Å². The molecule has 1 aromatic carbocycles. The van der Waals surface area contributed by atoms with Crippen molar-refractivity contribution in [2.45, 2.75) is 6.92 Å². The number of hydrogen-bond donors (Lipinski definition) is 1. The lowest BCUT2D eigenvalue weighted by Gasteiger charge is -2.07. The van der Waals surface area contributed by atoms with Crippen molar-refractivity contribution in [2.24, 2.45) is 0 Å². The molecule has 1 heterocycles. The molecular formula is C12H8FN3O. The maximum absolute atomic E-state index is 13.7. The highest BCUT2D eigenvalue weighted by atomic mass is 19.1. The van der Waals surface area contributed by atoms with E-state index in [2.05, 4.69) is 9.97 Å². The van der Waals surface area contributed by atoms with E-state index in [1.807, 2.05) is 6.07 Å². The van der Waals surface area contributed by atoms with Gasteiger partial charge < -0.3 is 5.11 Å². The molecule has 0 saturated heterocycles. The average molecular weight is 229 g/mol. The van der Waals surface area contributed by atoms with E-state index in [0.29, 0.717) is 11.3 Å². The van der Waals surface area contributed by atoms with Crippen molar-refractivity contribution in [3.8, 4) is 22.9 Å². The Bertz CT molecular complexity index is 620. The minimum absolute atomic E-state index is 0.113. The van der Waals surface area contributed by atoms with Gasteiger partial charge >= 0.3 is 0 Å². The predicted octanol–water partition coefficient (Wildman–Crippen LogP) is 2.17. The van der Waals surface area contributed by atoms with Crippen molar-refractivity contribution in [1.29, 1.82) is 5.26 Å². The molecule has 84 valence electrons. The Labute approximate surface area is 97.0 Å². The fourth-order valence-corrected chi connectivity index (χ4v) is 1.59. The monoisotopic (exact) mass is 229 g/mol. The van der Waals surface area contributed by atoms with Gasteiger partial charge in [0.2, 0.25) is 0 Å². The second-order valence-electron chi connectivity index (χ2n) is 3.46. The van der Waals surface area contributed by atoms with Crippen molar-refractivity contribution in [1.82, 2.24) is 9.97 Å². The first-order chi connectivity index (χ1) is 8.13. The van der Waals surface area contributed by atoms with Crippen molar-refractivity contribution >= 4 is 0 Å². The molecule has 0 atom stereocenters. The summed E-state index contributed by atoms with van der Waals surface area (Å²) in [7, 11) is 0.